The predicted octanol–water partition coefficient (Wildman–Crippen LogP) is 2.76. The van der Waals surface area contributed by atoms with Crippen molar-refractivity contribution < 1.29 is 4.79 Å². The number of rotatable bonds is 3. The smallest absolute Gasteiger partial charge is 0.225 e. The van der Waals surface area contributed by atoms with E-state index in [0.717, 1.165) is 19.1 Å². The Morgan fingerprint density at radius 3 is 2.05 bits per heavy atom. The molecule has 2 rings (SSSR count). The third kappa shape index (κ3) is 3.71. The van der Waals surface area contributed by atoms with Gasteiger partial charge < -0.3 is 9.80 Å². The van der Waals surface area contributed by atoms with E-state index in [-0.39, 0.29) is 5.92 Å². The molecular weight excluding hydrogens is 236 g/mol. The molecule has 0 N–H and O–H groups in total. The fraction of sp³-hybridized carbons (Fsp3) is 0.938. The molecule has 1 amide bonds. The zero-order chi connectivity index (χ0) is 13.8. The van der Waals surface area contributed by atoms with Crippen LogP contribution < -0.4 is 0 Å². The molecule has 3 nitrogen and oxygen atoms in total. The van der Waals surface area contributed by atoms with E-state index in [2.05, 4.69) is 30.6 Å². The highest BCUT2D eigenvalue weighted by Gasteiger charge is 2.29. The van der Waals surface area contributed by atoms with Gasteiger partial charge >= 0.3 is 0 Å². The summed E-state index contributed by atoms with van der Waals surface area (Å²) in [5.74, 6) is 0.992. The van der Waals surface area contributed by atoms with Crippen LogP contribution >= 0.6 is 0 Å². The first-order valence-corrected chi connectivity index (χ1v) is 8.12. The zero-order valence-corrected chi connectivity index (χ0v) is 12.9. The molecule has 1 atom stereocenters. The molecule has 0 radical (unpaired) electrons. The number of piperidine rings is 2. The number of carbonyl (C=O) groups excluding carboxylic acids is 1. The van der Waals surface area contributed by atoms with Gasteiger partial charge in [-0.1, -0.05) is 27.2 Å². The van der Waals surface area contributed by atoms with Crippen molar-refractivity contribution in [1.82, 2.24) is 9.80 Å². The first-order chi connectivity index (χ1) is 9.09. The maximum atomic E-state index is 12.3. The average molecular weight is 266 g/mol. The lowest BCUT2D eigenvalue weighted by Crippen LogP contribution is -2.49. The lowest BCUT2D eigenvalue weighted by Gasteiger charge is -2.41. The van der Waals surface area contributed by atoms with Crippen LogP contribution in [0, 0.1) is 11.8 Å². The number of hydrogen-bond acceptors (Lipinski definition) is 2. The van der Waals surface area contributed by atoms with E-state index in [9.17, 15) is 4.79 Å². The van der Waals surface area contributed by atoms with Gasteiger partial charge in [0.2, 0.25) is 5.91 Å². The van der Waals surface area contributed by atoms with Gasteiger partial charge in [0, 0.05) is 25.0 Å². The van der Waals surface area contributed by atoms with Crippen molar-refractivity contribution in [3.63, 3.8) is 0 Å². The molecule has 0 aliphatic carbocycles. The zero-order valence-electron chi connectivity index (χ0n) is 12.9. The first-order valence-electron chi connectivity index (χ1n) is 8.12. The van der Waals surface area contributed by atoms with Gasteiger partial charge in [-0.15, -0.1) is 0 Å². The van der Waals surface area contributed by atoms with Crippen molar-refractivity contribution in [2.24, 2.45) is 11.8 Å². The lowest BCUT2D eigenvalue weighted by molar-refractivity contribution is -0.138. The Bertz CT molecular complexity index is 289. The summed E-state index contributed by atoms with van der Waals surface area (Å²) in [6.45, 7) is 10.9. The Kier molecular flexibility index (Phi) is 5.26. The number of hydrogen-bond donors (Lipinski definition) is 0. The highest BCUT2D eigenvalue weighted by molar-refractivity contribution is 5.78. The molecule has 2 aliphatic heterocycles. The highest BCUT2D eigenvalue weighted by Crippen LogP contribution is 2.23. The molecule has 2 aliphatic rings. The van der Waals surface area contributed by atoms with Crippen LogP contribution in [0.3, 0.4) is 0 Å². The summed E-state index contributed by atoms with van der Waals surface area (Å²) in [6.07, 6.45) is 6.49. The largest absolute Gasteiger partial charge is 0.342 e. The summed E-state index contributed by atoms with van der Waals surface area (Å²) in [7, 11) is 0. The summed E-state index contributed by atoms with van der Waals surface area (Å²) in [5, 5.41) is 0. The van der Waals surface area contributed by atoms with Crippen molar-refractivity contribution >= 4 is 5.91 Å². The Hall–Kier alpha value is -0.570. The predicted molar refractivity (Wildman–Crippen MR) is 79.0 cm³/mol. The molecule has 0 spiro atoms. The molecule has 0 aromatic carbocycles. The second-order valence-electron chi connectivity index (χ2n) is 6.69. The van der Waals surface area contributed by atoms with Crippen LogP contribution in [0.1, 0.15) is 52.9 Å². The van der Waals surface area contributed by atoms with Gasteiger partial charge in [-0.05, 0) is 44.7 Å². The van der Waals surface area contributed by atoms with E-state index < -0.39 is 0 Å². The van der Waals surface area contributed by atoms with Crippen LogP contribution in [0.5, 0.6) is 0 Å². The average Bonchev–Trinajstić information content (AvgIpc) is 2.46. The molecular formula is C16H30N2O. The normalized spacial score (nSPS) is 24.7. The van der Waals surface area contributed by atoms with Gasteiger partial charge in [-0.25, -0.2) is 0 Å². The molecule has 0 aromatic heterocycles. The first kappa shape index (κ1) is 14.8. The molecule has 0 saturated carbocycles. The fourth-order valence-electron chi connectivity index (χ4n) is 3.31. The molecule has 0 aromatic rings. The quantitative estimate of drug-likeness (QED) is 0.784. The van der Waals surface area contributed by atoms with Crippen molar-refractivity contribution in [3.05, 3.63) is 0 Å². The molecule has 2 fully saturated rings. The molecule has 3 heteroatoms. The van der Waals surface area contributed by atoms with E-state index in [1.807, 2.05) is 0 Å². The number of carbonyl (C=O) groups is 1. The number of likely N-dealkylation sites (tertiary alicyclic amines) is 2. The monoisotopic (exact) mass is 266 g/mol. The maximum Gasteiger partial charge on any atom is 0.225 e. The standard InChI is InChI=1S/C16H30N2O/c1-13(2)14(3)16(19)18-11-7-15(8-12-18)17-9-5-4-6-10-17/h13-15H,4-12H2,1-3H3. The van der Waals surface area contributed by atoms with Crippen LogP contribution in [0.2, 0.25) is 0 Å². The summed E-state index contributed by atoms with van der Waals surface area (Å²) in [6, 6.07) is 0.735. The fourth-order valence-corrected chi connectivity index (χ4v) is 3.31. The minimum atomic E-state index is 0.173. The maximum absolute atomic E-state index is 12.3. The van der Waals surface area contributed by atoms with Gasteiger partial charge in [-0.3, -0.25) is 4.79 Å². The SMILES string of the molecule is CC(C)C(C)C(=O)N1CCC(N2CCCCC2)CC1. The third-order valence-electron chi connectivity index (χ3n) is 5.07. The topological polar surface area (TPSA) is 23.6 Å². The minimum absolute atomic E-state index is 0.173. The summed E-state index contributed by atoms with van der Waals surface area (Å²) in [4.78, 5) is 17.1. The number of amides is 1. The van der Waals surface area contributed by atoms with E-state index >= 15 is 0 Å². The molecule has 2 heterocycles. The van der Waals surface area contributed by atoms with Crippen LogP contribution in [0.25, 0.3) is 0 Å². The third-order valence-corrected chi connectivity index (χ3v) is 5.07. The van der Waals surface area contributed by atoms with Crippen LogP contribution in [0.15, 0.2) is 0 Å². The Labute approximate surface area is 118 Å². The second-order valence-corrected chi connectivity index (χ2v) is 6.69. The van der Waals surface area contributed by atoms with E-state index in [0.29, 0.717) is 11.8 Å². The molecule has 19 heavy (non-hydrogen) atoms. The van der Waals surface area contributed by atoms with E-state index in [1.54, 1.807) is 0 Å². The second kappa shape index (κ2) is 6.74. The van der Waals surface area contributed by atoms with Gasteiger partial charge in [0.25, 0.3) is 0 Å². The molecule has 2 saturated heterocycles. The van der Waals surface area contributed by atoms with Gasteiger partial charge in [0.15, 0.2) is 0 Å². The molecule has 1 unspecified atom stereocenters. The Balaban J connectivity index is 1.80. The highest BCUT2D eigenvalue weighted by atomic mass is 16.2. The van der Waals surface area contributed by atoms with E-state index in [4.69, 9.17) is 0 Å². The Morgan fingerprint density at radius 2 is 1.53 bits per heavy atom. The summed E-state index contributed by atoms with van der Waals surface area (Å²) < 4.78 is 0. The minimum Gasteiger partial charge on any atom is -0.342 e. The number of nitrogens with zero attached hydrogens (tertiary/aromatic N) is 2. The van der Waals surface area contributed by atoms with Crippen LogP contribution in [-0.4, -0.2) is 47.9 Å². The lowest BCUT2D eigenvalue weighted by atomic mass is 9.94. The van der Waals surface area contributed by atoms with E-state index in [1.165, 1.54) is 45.2 Å². The summed E-state index contributed by atoms with van der Waals surface area (Å²) >= 11 is 0. The van der Waals surface area contributed by atoms with Gasteiger partial charge in [0.1, 0.15) is 0 Å². The van der Waals surface area contributed by atoms with Crippen molar-refractivity contribution in [3.8, 4) is 0 Å². The summed E-state index contributed by atoms with van der Waals surface area (Å²) in [5.41, 5.74) is 0. The van der Waals surface area contributed by atoms with Crippen molar-refractivity contribution in [1.29, 1.82) is 0 Å². The molecule has 0 bridgehead atoms. The van der Waals surface area contributed by atoms with Crippen molar-refractivity contribution in [2.75, 3.05) is 26.2 Å². The van der Waals surface area contributed by atoms with Crippen LogP contribution in [0.4, 0.5) is 0 Å². The Morgan fingerprint density at radius 1 is 0.947 bits per heavy atom. The molecule has 110 valence electrons. The van der Waals surface area contributed by atoms with Gasteiger partial charge in [-0.2, -0.15) is 0 Å². The van der Waals surface area contributed by atoms with Crippen LogP contribution in [-0.2, 0) is 4.79 Å². The van der Waals surface area contributed by atoms with Gasteiger partial charge in [0.05, 0.1) is 0 Å². The van der Waals surface area contributed by atoms with Crippen molar-refractivity contribution in [2.45, 2.75) is 58.9 Å².